The molecule has 1 nitrogen and oxygen atoms in total. The largest absolute Gasteiger partial charge is 0.307 e. The summed E-state index contributed by atoms with van der Waals surface area (Å²) >= 11 is 0. The Kier molecular flexibility index (Phi) is 4.39. The minimum absolute atomic E-state index is 0.284. The first-order chi connectivity index (χ1) is 9.13. The zero-order valence-corrected chi connectivity index (χ0v) is 12.3. The van der Waals surface area contributed by atoms with E-state index in [0.717, 1.165) is 6.54 Å². The summed E-state index contributed by atoms with van der Waals surface area (Å²) < 4.78 is 0. The molecule has 0 aliphatic carbocycles. The van der Waals surface area contributed by atoms with Gasteiger partial charge in [-0.15, -0.1) is 0 Å². The van der Waals surface area contributed by atoms with Crippen molar-refractivity contribution in [3.8, 4) is 0 Å². The molecule has 0 saturated carbocycles. The van der Waals surface area contributed by atoms with E-state index in [2.05, 4.69) is 75.5 Å². The number of rotatable bonds is 4. The Morgan fingerprint density at radius 2 is 1.53 bits per heavy atom. The third kappa shape index (κ3) is 3.05. The predicted molar refractivity (Wildman–Crippen MR) is 82.6 cm³/mol. The molecule has 0 spiro atoms. The molecular formula is C18H23N. The molecule has 1 heteroatoms. The van der Waals surface area contributed by atoms with E-state index in [1.165, 1.54) is 27.8 Å². The van der Waals surface area contributed by atoms with E-state index in [-0.39, 0.29) is 6.04 Å². The molecule has 1 unspecified atom stereocenters. The fraction of sp³-hybridized carbons (Fsp3) is 0.333. The Hall–Kier alpha value is -1.60. The van der Waals surface area contributed by atoms with Gasteiger partial charge in [0.25, 0.3) is 0 Å². The van der Waals surface area contributed by atoms with Gasteiger partial charge in [0.05, 0.1) is 6.04 Å². The van der Waals surface area contributed by atoms with Crippen LogP contribution >= 0.6 is 0 Å². The lowest BCUT2D eigenvalue weighted by molar-refractivity contribution is 0.624. The van der Waals surface area contributed by atoms with Crippen LogP contribution in [0.15, 0.2) is 42.5 Å². The number of nitrogens with one attached hydrogen (secondary N) is 1. The average Bonchev–Trinajstić information content (AvgIpc) is 2.37. The highest BCUT2D eigenvalue weighted by molar-refractivity contribution is 5.44. The summed E-state index contributed by atoms with van der Waals surface area (Å²) in [4.78, 5) is 0. The molecule has 2 aromatic rings. The van der Waals surface area contributed by atoms with Gasteiger partial charge in [0.15, 0.2) is 0 Å². The van der Waals surface area contributed by atoms with Crippen LogP contribution in [0.1, 0.15) is 40.8 Å². The molecule has 0 aromatic heterocycles. The van der Waals surface area contributed by atoms with Crippen molar-refractivity contribution in [2.24, 2.45) is 0 Å². The van der Waals surface area contributed by atoms with Crippen molar-refractivity contribution in [1.29, 1.82) is 0 Å². The van der Waals surface area contributed by atoms with Crippen LogP contribution in [-0.2, 0) is 0 Å². The van der Waals surface area contributed by atoms with Crippen LogP contribution < -0.4 is 5.32 Å². The molecule has 0 bridgehead atoms. The molecule has 0 amide bonds. The Labute approximate surface area is 116 Å². The van der Waals surface area contributed by atoms with Gasteiger partial charge < -0.3 is 5.32 Å². The van der Waals surface area contributed by atoms with Crippen molar-refractivity contribution in [2.75, 3.05) is 6.54 Å². The summed E-state index contributed by atoms with van der Waals surface area (Å²) in [5, 5.41) is 3.62. The maximum Gasteiger partial charge on any atom is 0.0581 e. The van der Waals surface area contributed by atoms with Gasteiger partial charge in [0.1, 0.15) is 0 Å². The predicted octanol–water partition coefficient (Wildman–Crippen LogP) is 4.31. The van der Waals surface area contributed by atoms with E-state index in [9.17, 15) is 0 Å². The Morgan fingerprint density at radius 1 is 0.947 bits per heavy atom. The summed E-state index contributed by atoms with van der Waals surface area (Å²) in [7, 11) is 0. The molecule has 0 radical (unpaired) electrons. The first-order valence-electron chi connectivity index (χ1n) is 6.99. The van der Waals surface area contributed by atoms with Gasteiger partial charge in [-0.3, -0.25) is 0 Å². The van der Waals surface area contributed by atoms with E-state index < -0.39 is 0 Å². The van der Waals surface area contributed by atoms with Crippen LogP contribution in [-0.4, -0.2) is 6.54 Å². The summed E-state index contributed by atoms with van der Waals surface area (Å²) in [6.07, 6.45) is 0. The van der Waals surface area contributed by atoms with Gasteiger partial charge in [-0.05, 0) is 49.6 Å². The molecule has 0 heterocycles. The zero-order valence-electron chi connectivity index (χ0n) is 12.3. The van der Waals surface area contributed by atoms with Crippen molar-refractivity contribution < 1.29 is 0 Å². The SMILES string of the molecule is CCNC(c1ccccc1)c1c(C)cc(C)cc1C. The standard InChI is InChI=1S/C18H23N/c1-5-19-18(16-9-7-6-8-10-16)17-14(3)11-13(2)12-15(17)4/h6-12,18-19H,5H2,1-4H3. The fourth-order valence-electron chi connectivity index (χ4n) is 2.88. The minimum atomic E-state index is 0.284. The van der Waals surface area contributed by atoms with Crippen molar-refractivity contribution in [2.45, 2.75) is 33.7 Å². The smallest absolute Gasteiger partial charge is 0.0581 e. The minimum Gasteiger partial charge on any atom is -0.307 e. The topological polar surface area (TPSA) is 12.0 Å². The first kappa shape index (κ1) is 13.8. The van der Waals surface area contributed by atoms with Crippen LogP contribution in [0.5, 0.6) is 0 Å². The van der Waals surface area contributed by atoms with Crippen molar-refractivity contribution in [3.05, 3.63) is 70.3 Å². The van der Waals surface area contributed by atoms with E-state index in [1.807, 2.05) is 0 Å². The normalized spacial score (nSPS) is 12.4. The average molecular weight is 253 g/mol. The molecule has 0 aliphatic heterocycles. The second kappa shape index (κ2) is 6.03. The van der Waals surface area contributed by atoms with Crippen LogP contribution in [0.3, 0.4) is 0 Å². The Balaban J connectivity index is 2.51. The highest BCUT2D eigenvalue weighted by Gasteiger charge is 2.17. The fourth-order valence-corrected chi connectivity index (χ4v) is 2.88. The van der Waals surface area contributed by atoms with Crippen molar-refractivity contribution in [1.82, 2.24) is 5.32 Å². The summed E-state index contributed by atoms with van der Waals surface area (Å²) in [5.74, 6) is 0. The third-order valence-electron chi connectivity index (χ3n) is 3.57. The maximum absolute atomic E-state index is 3.62. The van der Waals surface area contributed by atoms with E-state index in [1.54, 1.807) is 0 Å². The second-order valence-electron chi connectivity index (χ2n) is 5.21. The van der Waals surface area contributed by atoms with E-state index in [4.69, 9.17) is 0 Å². The van der Waals surface area contributed by atoms with Crippen LogP contribution in [0.25, 0.3) is 0 Å². The van der Waals surface area contributed by atoms with Gasteiger partial charge in [-0.2, -0.15) is 0 Å². The van der Waals surface area contributed by atoms with Crippen molar-refractivity contribution >= 4 is 0 Å². The van der Waals surface area contributed by atoms with Crippen LogP contribution in [0.2, 0.25) is 0 Å². The highest BCUT2D eigenvalue weighted by Crippen LogP contribution is 2.28. The van der Waals surface area contributed by atoms with Gasteiger partial charge in [-0.25, -0.2) is 0 Å². The molecule has 2 rings (SSSR count). The lowest BCUT2D eigenvalue weighted by atomic mass is 9.90. The molecule has 0 fully saturated rings. The molecule has 0 aliphatic rings. The quantitative estimate of drug-likeness (QED) is 0.856. The van der Waals surface area contributed by atoms with Crippen LogP contribution in [0.4, 0.5) is 0 Å². The molecule has 2 aromatic carbocycles. The van der Waals surface area contributed by atoms with Crippen molar-refractivity contribution in [3.63, 3.8) is 0 Å². The first-order valence-corrected chi connectivity index (χ1v) is 6.99. The van der Waals surface area contributed by atoms with Gasteiger partial charge in [0.2, 0.25) is 0 Å². The molecular weight excluding hydrogens is 230 g/mol. The maximum atomic E-state index is 3.62. The lowest BCUT2D eigenvalue weighted by Crippen LogP contribution is -2.23. The lowest BCUT2D eigenvalue weighted by Gasteiger charge is -2.23. The monoisotopic (exact) mass is 253 g/mol. The Morgan fingerprint density at radius 3 is 2.05 bits per heavy atom. The third-order valence-corrected chi connectivity index (χ3v) is 3.57. The summed E-state index contributed by atoms with van der Waals surface area (Å²) in [5.41, 5.74) is 6.82. The number of aryl methyl sites for hydroxylation is 3. The zero-order chi connectivity index (χ0) is 13.8. The van der Waals surface area contributed by atoms with Gasteiger partial charge in [0, 0.05) is 0 Å². The number of hydrogen-bond donors (Lipinski definition) is 1. The van der Waals surface area contributed by atoms with E-state index in [0.29, 0.717) is 0 Å². The number of benzene rings is 2. The molecule has 19 heavy (non-hydrogen) atoms. The summed E-state index contributed by atoms with van der Waals surface area (Å²) in [6, 6.07) is 15.5. The second-order valence-corrected chi connectivity index (χ2v) is 5.21. The summed E-state index contributed by atoms with van der Waals surface area (Å²) in [6.45, 7) is 9.71. The van der Waals surface area contributed by atoms with E-state index >= 15 is 0 Å². The van der Waals surface area contributed by atoms with Crippen LogP contribution in [0, 0.1) is 20.8 Å². The van der Waals surface area contributed by atoms with Gasteiger partial charge in [-0.1, -0.05) is 55.0 Å². The molecule has 1 atom stereocenters. The Bertz CT molecular complexity index is 520. The van der Waals surface area contributed by atoms with Gasteiger partial charge >= 0.3 is 0 Å². The highest BCUT2D eigenvalue weighted by atomic mass is 14.9. The molecule has 0 saturated heterocycles. The molecule has 100 valence electrons. The number of hydrogen-bond acceptors (Lipinski definition) is 1. The molecule has 1 N–H and O–H groups in total.